The maximum Gasteiger partial charge on any atom is 0.291 e. The van der Waals surface area contributed by atoms with Gasteiger partial charge in [-0.1, -0.05) is 6.07 Å². The van der Waals surface area contributed by atoms with E-state index in [2.05, 4.69) is 27.3 Å². The zero-order valence-electron chi connectivity index (χ0n) is 13.4. The number of benzene rings is 1. The van der Waals surface area contributed by atoms with Gasteiger partial charge in [0.2, 0.25) is 0 Å². The van der Waals surface area contributed by atoms with Gasteiger partial charge in [-0.05, 0) is 59.1 Å². The molecule has 0 bridgehead atoms. The van der Waals surface area contributed by atoms with Crippen molar-refractivity contribution >= 4 is 33.4 Å². The summed E-state index contributed by atoms with van der Waals surface area (Å²) >= 11 is 3.15. The lowest BCUT2D eigenvalue weighted by Crippen LogP contribution is -2.38. The molecule has 1 N–H and O–H groups in total. The van der Waals surface area contributed by atoms with Crippen LogP contribution in [0.5, 0.6) is 0 Å². The van der Waals surface area contributed by atoms with E-state index in [1.165, 1.54) is 0 Å². The number of nitrogens with zero attached hydrogens (tertiary/aromatic N) is 2. The van der Waals surface area contributed by atoms with Crippen molar-refractivity contribution in [2.75, 3.05) is 18.4 Å². The van der Waals surface area contributed by atoms with Crippen LogP contribution < -0.4 is 5.32 Å². The molecule has 1 aliphatic heterocycles. The lowest BCUT2D eigenvalue weighted by molar-refractivity contribution is 0.0707. The number of carbonyl (C=O) groups excluding carboxylic acids is 2. The highest BCUT2D eigenvalue weighted by Gasteiger charge is 2.23. The molecule has 2 aromatic rings. The largest absolute Gasteiger partial charge is 0.444 e. The van der Waals surface area contributed by atoms with Crippen LogP contribution in [0.4, 0.5) is 5.69 Å². The highest BCUT2D eigenvalue weighted by molar-refractivity contribution is 9.10. The third-order valence-corrected chi connectivity index (χ3v) is 4.56. The predicted molar refractivity (Wildman–Crippen MR) is 95.0 cm³/mol. The molecule has 0 atom stereocenters. The minimum absolute atomic E-state index is 0.0299. The topological polar surface area (TPSA) is 86.3 Å². The summed E-state index contributed by atoms with van der Waals surface area (Å²) in [7, 11) is 0. The third-order valence-electron chi connectivity index (χ3n) is 4.13. The fraction of sp³-hybridized carbons (Fsp3) is 0.278. The Morgan fingerprint density at radius 1 is 1.24 bits per heavy atom. The summed E-state index contributed by atoms with van der Waals surface area (Å²) < 4.78 is 5.69. The van der Waals surface area contributed by atoms with Gasteiger partial charge in [-0.3, -0.25) is 9.59 Å². The number of likely N-dealkylation sites (tertiary alicyclic amines) is 1. The number of furan rings is 1. The number of carbonyl (C=O) groups is 2. The van der Waals surface area contributed by atoms with Gasteiger partial charge in [-0.2, -0.15) is 5.26 Å². The second-order valence-electron chi connectivity index (χ2n) is 5.83. The van der Waals surface area contributed by atoms with E-state index in [1.54, 1.807) is 41.3 Å². The molecule has 1 aromatic carbocycles. The number of amides is 2. The van der Waals surface area contributed by atoms with Crippen molar-refractivity contribution in [2.45, 2.75) is 12.8 Å². The van der Waals surface area contributed by atoms with Crippen molar-refractivity contribution in [1.29, 1.82) is 5.26 Å². The number of hydrogen-bond donors (Lipinski definition) is 1. The first-order chi connectivity index (χ1) is 12.1. The number of halogens is 1. The van der Waals surface area contributed by atoms with Gasteiger partial charge in [0.15, 0.2) is 10.4 Å². The first-order valence-corrected chi connectivity index (χ1v) is 8.72. The number of piperidine rings is 1. The van der Waals surface area contributed by atoms with E-state index < -0.39 is 0 Å². The van der Waals surface area contributed by atoms with Gasteiger partial charge in [0.05, 0.1) is 6.07 Å². The van der Waals surface area contributed by atoms with Crippen LogP contribution in [0.15, 0.2) is 45.5 Å². The average molecular weight is 402 g/mol. The molecule has 128 valence electrons. The Kier molecular flexibility index (Phi) is 5.19. The van der Waals surface area contributed by atoms with Crippen LogP contribution in [0.25, 0.3) is 0 Å². The van der Waals surface area contributed by atoms with Gasteiger partial charge in [0.25, 0.3) is 11.8 Å². The highest BCUT2D eigenvalue weighted by Crippen LogP contribution is 2.20. The fourth-order valence-electron chi connectivity index (χ4n) is 2.75. The van der Waals surface area contributed by atoms with Crippen molar-refractivity contribution in [2.24, 2.45) is 5.92 Å². The standard InChI is InChI=1S/C18H16BrN3O3/c19-16-5-4-15(25-16)17(23)21-14-3-1-2-13(10-14)18(24)22-8-6-12(11-20)7-9-22/h1-5,10,12H,6-9H2,(H,21,23). The lowest BCUT2D eigenvalue weighted by Gasteiger charge is -2.29. The molecule has 6 nitrogen and oxygen atoms in total. The molecule has 0 unspecified atom stereocenters. The quantitative estimate of drug-likeness (QED) is 0.849. The highest BCUT2D eigenvalue weighted by atomic mass is 79.9. The molecule has 0 saturated carbocycles. The van der Waals surface area contributed by atoms with Crippen molar-refractivity contribution < 1.29 is 14.0 Å². The van der Waals surface area contributed by atoms with Crippen LogP contribution in [0.1, 0.15) is 33.8 Å². The van der Waals surface area contributed by atoms with E-state index in [9.17, 15) is 9.59 Å². The SMILES string of the molecule is N#CC1CCN(C(=O)c2cccc(NC(=O)c3ccc(Br)o3)c2)CC1. The summed E-state index contributed by atoms with van der Waals surface area (Å²) in [5.74, 6) is -0.261. The molecular formula is C18H16BrN3O3. The van der Waals surface area contributed by atoms with Crippen LogP contribution >= 0.6 is 15.9 Å². The van der Waals surface area contributed by atoms with E-state index in [4.69, 9.17) is 9.68 Å². The molecule has 0 aliphatic carbocycles. The second kappa shape index (κ2) is 7.53. The van der Waals surface area contributed by atoms with Gasteiger partial charge in [-0.25, -0.2) is 0 Å². The molecule has 0 spiro atoms. The Labute approximate surface area is 153 Å². The summed E-state index contributed by atoms with van der Waals surface area (Å²) in [4.78, 5) is 26.5. The van der Waals surface area contributed by atoms with Gasteiger partial charge < -0.3 is 14.6 Å². The van der Waals surface area contributed by atoms with Crippen molar-refractivity contribution in [3.63, 3.8) is 0 Å². The van der Waals surface area contributed by atoms with E-state index in [0.29, 0.717) is 41.9 Å². The van der Waals surface area contributed by atoms with E-state index in [-0.39, 0.29) is 23.5 Å². The number of hydrogen-bond acceptors (Lipinski definition) is 4. The monoisotopic (exact) mass is 401 g/mol. The predicted octanol–water partition coefficient (Wildman–Crippen LogP) is 3.67. The molecule has 2 heterocycles. The van der Waals surface area contributed by atoms with Gasteiger partial charge in [-0.15, -0.1) is 0 Å². The third kappa shape index (κ3) is 4.09. The van der Waals surface area contributed by atoms with Gasteiger partial charge >= 0.3 is 0 Å². The zero-order chi connectivity index (χ0) is 17.8. The average Bonchev–Trinajstić information content (AvgIpc) is 3.08. The Morgan fingerprint density at radius 2 is 2.00 bits per heavy atom. The Morgan fingerprint density at radius 3 is 2.64 bits per heavy atom. The van der Waals surface area contributed by atoms with Crippen LogP contribution in [0.3, 0.4) is 0 Å². The molecule has 7 heteroatoms. The van der Waals surface area contributed by atoms with Crippen molar-refractivity contribution in [1.82, 2.24) is 4.90 Å². The summed E-state index contributed by atoms with van der Waals surface area (Å²) in [6.45, 7) is 1.15. The molecule has 3 rings (SSSR count). The minimum atomic E-state index is -0.384. The molecule has 1 aromatic heterocycles. The Bertz CT molecular complexity index is 832. The van der Waals surface area contributed by atoms with Crippen LogP contribution in [0.2, 0.25) is 0 Å². The maximum absolute atomic E-state index is 12.6. The van der Waals surface area contributed by atoms with Crippen molar-refractivity contribution in [3.05, 3.63) is 52.4 Å². The number of nitriles is 1. The zero-order valence-corrected chi connectivity index (χ0v) is 15.0. The normalized spacial score (nSPS) is 14.8. The Hall–Kier alpha value is -2.59. The first kappa shape index (κ1) is 17.2. The van der Waals surface area contributed by atoms with Crippen LogP contribution in [-0.2, 0) is 0 Å². The summed E-state index contributed by atoms with van der Waals surface area (Å²) in [6.07, 6.45) is 1.40. The molecule has 1 saturated heterocycles. The van der Waals surface area contributed by atoms with Crippen molar-refractivity contribution in [3.8, 4) is 6.07 Å². The number of rotatable bonds is 3. The Balaban J connectivity index is 1.68. The van der Waals surface area contributed by atoms with Crippen LogP contribution in [-0.4, -0.2) is 29.8 Å². The fourth-order valence-corrected chi connectivity index (χ4v) is 3.06. The molecule has 1 aliphatic rings. The first-order valence-electron chi connectivity index (χ1n) is 7.92. The molecule has 2 amide bonds. The maximum atomic E-state index is 12.6. The molecule has 1 fully saturated rings. The van der Waals surface area contributed by atoms with E-state index >= 15 is 0 Å². The van der Waals surface area contributed by atoms with Gasteiger partial charge in [0.1, 0.15) is 0 Å². The molecule has 0 radical (unpaired) electrons. The molecular weight excluding hydrogens is 386 g/mol. The van der Waals surface area contributed by atoms with E-state index in [0.717, 1.165) is 0 Å². The summed E-state index contributed by atoms with van der Waals surface area (Å²) in [6, 6.07) is 12.3. The minimum Gasteiger partial charge on any atom is -0.444 e. The second-order valence-corrected chi connectivity index (χ2v) is 6.62. The van der Waals surface area contributed by atoms with Crippen LogP contribution in [0, 0.1) is 17.2 Å². The number of nitrogens with one attached hydrogen (secondary N) is 1. The smallest absolute Gasteiger partial charge is 0.291 e. The lowest BCUT2D eigenvalue weighted by atomic mass is 9.98. The van der Waals surface area contributed by atoms with E-state index in [1.807, 2.05) is 0 Å². The summed E-state index contributed by atoms with van der Waals surface area (Å²) in [5.41, 5.74) is 1.03. The number of anilines is 1. The summed E-state index contributed by atoms with van der Waals surface area (Å²) in [5, 5.41) is 11.7. The van der Waals surface area contributed by atoms with Gasteiger partial charge in [0, 0.05) is 30.3 Å². The molecule has 25 heavy (non-hydrogen) atoms.